The molecule has 0 heterocycles. The lowest BCUT2D eigenvalue weighted by Crippen LogP contribution is -2.55. The maximum atomic E-state index is 10.9. The molecule has 4 fully saturated rings. The number of rotatable bonds is 0. The zero-order valence-electron chi connectivity index (χ0n) is 14.3. The highest BCUT2D eigenvalue weighted by molar-refractivity contribution is 5.12. The third-order valence-electron chi connectivity index (χ3n) is 9.15. The molecule has 1 N–H and O–H groups in total. The fourth-order valence-corrected chi connectivity index (χ4v) is 7.54. The Morgan fingerprint density at radius 2 is 1.52 bits per heavy atom. The highest BCUT2D eigenvalue weighted by Crippen LogP contribution is 2.68. The third kappa shape index (κ3) is 1.79. The van der Waals surface area contributed by atoms with Crippen LogP contribution < -0.4 is 0 Å². The van der Waals surface area contributed by atoms with Crippen LogP contribution in [0.25, 0.3) is 0 Å². The minimum absolute atomic E-state index is 0.200. The Hall–Kier alpha value is -0.0400. The van der Waals surface area contributed by atoms with Crippen LogP contribution >= 0.6 is 0 Å². The van der Waals surface area contributed by atoms with Crippen molar-refractivity contribution in [3.8, 4) is 0 Å². The van der Waals surface area contributed by atoms with Crippen molar-refractivity contribution in [1.29, 1.82) is 0 Å². The van der Waals surface area contributed by atoms with Gasteiger partial charge in [0, 0.05) is 0 Å². The number of fused-ring (bicyclic) bond motifs is 5. The van der Waals surface area contributed by atoms with Crippen LogP contribution in [0.5, 0.6) is 0 Å². The summed E-state index contributed by atoms with van der Waals surface area (Å²) in [6.45, 7) is 7.18. The van der Waals surface area contributed by atoms with E-state index in [1.807, 2.05) is 0 Å². The van der Waals surface area contributed by atoms with Crippen LogP contribution in [0.1, 0.15) is 85.0 Å². The second-order valence-electron chi connectivity index (χ2n) is 9.67. The monoisotopic (exact) mass is 290 g/mol. The largest absolute Gasteiger partial charge is 0.390 e. The molecule has 0 unspecified atom stereocenters. The van der Waals surface area contributed by atoms with Gasteiger partial charge in [-0.25, -0.2) is 0 Å². The number of hydrogen-bond donors (Lipinski definition) is 1. The van der Waals surface area contributed by atoms with Crippen LogP contribution in [-0.2, 0) is 0 Å². The summed E-state index contributed by atoms with van der Waals surface area (Å²) in [6.07, 6.45) is 13.9. The van der Waals surface area contributed by atoms with Crippen LogP contribution in [0.15, 0.2) is 0 Å². The van der Waals surface area contributed by atoms with Gasteiger partial charge in [0.15, 0.2) is 0 Å². The fraction of sp³-hybridized carbons (Fsp3) is 1.00. The molecule has 7 atom stereocenters. The van der Waals surface area contributed by atoms with E-state index in [0.29, 0.717) is 5.41 Å². The molecule has 4 aliphatic rings. The van der Waals surface area contributed by atoms with Crippen molar-refractivity contribution in [2.24, 2.45) is 34.5 Å². The van der Waals surface area contributed by atoms with E-state index in [1.165, 1.54) is 57.8 Å². The van der Waals surface area contributed by atoms with Crippen LogP contribution in [0.4, 0.5) is 0 Å². The topological polar surface area (TPSA) is 20.2 Å². The summed E-state index contributed by atoms with van der Waals surface area (Å²) in [6, 6.07) is 0. The summed E-state index contributed by atoms with van der Waals surface area (Å²) in [7, 11) is 0. The minimum Gasteiger partial charge on any atom is -0.390 e. The average Bonchev–Trinajstić information content (AvgIpc) is 2.69. The molecule has 0 aliphatic heterocycles. The van der Waals surface area contributed by atoms with Gasteiger partial charge in [0.1, 0.15) is 0 Å². The zero-order chi connectivity index (χ0) is 14.9. The molecule has 21 heavy (non-hydrogen) atoms. The lowest BCUT2D eigenvalue weighted by Gasteiger charge is -2.61. The first-order valence-corrected chi connectivity index (χ1v) is 9.61. The average molecular weight is 290 g/mol. The van der Waals surface area contributed by atoms with E-state index in [1.54, 1.807) is 0 Å². The highest BCUT2D eigenvalue weighted by atomic mass is 16.3. The van der Waals surface area contributed by atoms with Gasteiger partial charge in [-0.1, -0.05) is 26.7 Å². The first kappa shape index (κ1) is 14.5. The molecule has 0 aromatic heterocycles. The molecule has 0 radical (unpaired) electrons. The Bertz CT molecular complexity index is 428. The molecule has 4 aliphatic carbocycles. The molecular formula is C20H34O. The van der Waals surface area contributed by atoms with Crippen molar-refractivity contribution >= 4 is 0 Å². The van der Waals surface area contributed by atoms with E-state index in [9.17, 15) is 5.11 Å². The Morgan fingerprint density at radius 1 is 0.762 bits per heavy atom. The smallest absolute Gasteiger partial charge is 0.0675 e. The predicted octanol–water partition coefficient (Wildman–Crippen LogP) is 5.17. The van der Waals surface area contributed by atoms with Gasteiger partial charge in [0.2, 0.25) is 0 Å². The van der Waals surface area contributed by atoms with Gasteiger partial charge in [-0.05, 0) is 92.8 Å². The van der Waals surface area contributed by atoms with Gasteiger partial charge in [0.25, 0.3) is 0 Å². The molecule has 1 nitrogen and oxygen atoms in total. The molecule has 0 aromatic rings. The summed E-state index contributed by atoms with van der Waals surface area (Å²) in [5.41, 5.74) is 0.427. The van der Waals surface area contributed by atoms with Crippen LogP contribution in [-0.4, -0.2) is 10.7 Å². The van der Waals surface area contributed by atoms with Crippen molar-refractivity contribution in [3.63, 3.8) is 0 Å². The van der Waals surface area contributed by atoms with Crippen molar-refractivity contribution < 1.29 is 5.11 Å². The lowest BCUT2D eigenvalue weighted by molar-refractivity contribution is -0.145. The van der Waals surface area contributed by atoms with E-state index < -0.39 is 5.60 Å². The maximum Gasteiger partial charge on any atom is 0.0675 e. The molecule has 0 aromatic carbocycles. The molecule has 4 rings (SSSR count). The number of hydrogen-bond acceptors (Lipinski definition) is 1. The molecule has 0 bridgehead atoms. The van der Waals surface area contributed by atoms with Crippen molar-refractivity contribution in [2.45, 2.75) is 90.6 Å². The summed E-state index contributed by atoms with van der Waals surface area (Å²) < 4.78 is 0. The quantitative estimate of drug-likeness (QED) is 0.652. The van der Waals surface area contributed by atoms with Crippen molar-refractivity contribution in [1.82, 2.24) is 0 Å². The number of aliphatic hydroxyl groups is 1. The zero-order valence-corrected chi connectivity index (χ0v) is 14.3. The molecule has 120 valence electrons. The summed E-state index contributed by atoms with van der Waals surface area (Å²) in [5, 5.41) is 10.9. The Morgan fingerprint density at radius 3 is 2.33 bits per heavy atom. The van der Waals surface area contributed by atoms with E-state index in [-0.39, 0.29) is 5.41 Å². The second kappa shape index (κ2) is 4.49. The van der Waals surface area contributed by atoms with Crippen LogP contribution in [0.3, 0.4) is 0 Å². The molecule has 1 heteroatoms. The second-order valence-corrected chi connectivity index (χ2v) is 9.67. The molecular weight excluding hydrogens is 256 g/mol. The highest BCUT2D eigenvalue weighted by Gasteiger charge is 2.62. The van der Waals surface area contributed by atoms with E-state index in [0.717, 1.165) is 30.1 Å². The Balaban J connectivity index is 1.66. The van der Waals surface area contributed by atoms with Gasteiger partial charge >= 0.3 is 0 Å². The van der Waals surface area contributed by atoms with Crippen LogP contribution in [0.2, 0.25) is 0 Å². The van der Waals surface area contributed by atoms with Gasteiger partial charge in [-0.2, -0.15) is 0 Å². The normalized spacial score (nSPS) is 60.0. The maximum absolute atomic E-state index is 10.9. The van der Waals surface area contributed by atoms with Crippen LogP contribution in [0, 0.1) is 34.5 Å². The molecule has 0 spiro atoms. The molecule has 4 saturated carbocycles. The first-order valence-electron chi connectivity index (χ1n) is 9.61. The minimum atomic E-state index is -0.410. The van der Waals surface area contributed by atoms with Gasteiger partial charge in [-0.15, -0.1) is 0 Å². The van der Waals surface area contributed by atoms with E-state index in [4.69, 9.17) is 0 Å². The summed E-state index contributed by atoms with van der Waals surface area (Å²) >= 11 is 0. The molecule has 0 amide bonds. The van der Waals surface area contributed by atoms with Crippen molar-refractivity contribution in [3.05, 3.63) is 0 Å². The van der Waals surface area contributed by atoms with Crippen molar-refractivity contribution in [2.75, 3.05) is 0 Å². The third-order valence-corrected chi connectivity index (χ3v) is 9.15. The van der Waals surface area contributed by atoms with E-state index in [2.05, 4.69) is 20.8 Å². The van der Waals surface area contributed by atoms with Gasteiger partial charge in [0.05, 0.1) is 5.60 Å². The Kier molecular flexibility index (Phi) is 3.11. The summed E-state index contributed by atoms with van der Waals surface area (Å²) in [5.74, 6) is 3.69. The van der Waals surface area contributed by atoms with Gasteiger partial charge in [-0.3, -0.25) is 0 Å². The molecule has 0 saturated heterocycles. The SMILES string of the molecule is C[C@]12CCCC[C@H]1CC[C@@H]1[C@@H]2CC[C@@]2(C)[C@H]1CC[C@]2(C)O. The summed E-state index contributed by atoms with van der Waals surface area (Å²) in [4.78, 5) is 0. The predicted molar refractivity (Wildman–Crippen MR) is 87.0 cm³/mol. The van der Waals surface area contributed by atoms with Gasteiger partial charge < -0.3 is 5.11 Å². The standard InChI is InChI=1S/C20H34O/c1-18-11-5-4-6-14(18)7-8-15-16(18)9-12-19(2)17(15)10-13-20(19,3)21/h14-17,21H,4-13H2,1-3H3/t14-,15+,16-,17-,18-,19-,20-/m0/s1. The lowest BCUT2D eigenvalue weighted by atomic mass is 9.44. The Labute approximate surface area is 130 Å². The first-order chi connectivity index (χ1) is 9.88. The fourth-order valence-electron chi connectivity index (χ4n) is 7.54. The van der Waals surface area contributed by atoms with E-state index >= 15 is 0 Å².